The molecule has 0 saturated carbocycles. The van der Waals surface area contributed by atoms with Gasteiger partial charge in [-0.15, -0.1) is 6.42 Å². The number of aromatic hydroxyl groups is 1. The van der Waals surface area contributed by atoms with Gasteiger partial charge in [0.2, 0.25) is 5.91 Å². The molecule has 1 heterocycles. The summed E-state index contributed by atoms with van der Waals surface area (Å²) in [5.74, 6) is 2.94. The van der Waals surface area contributed by atoms with E-state index in [1.807, 2.05) is 0 Å². The van der Waals surface area contributed by atoms with E-state index in [2.05, 4.69) is 11.2 Å². The number of ether oxygens (including phenoxy) is 1. The molecular formula is C12H11NO3. The number of phenols is 1. The Morgan fingerprint density at radius 1 is 1.50 bits per heavy atom. The zero-order chi connectivity index (χ0) is 11.5. The van der Waals surface area contributed by atoms with Gasteiger partial charge >= 0.3 is 0 Å². The molecule has 1 aliphatic heterocycles. The summed E-state index contributed by atoms with van der Waals surface area (Å²) in [5.41, 5.74) is 1.24. The molecule has 0 saturated heterocycles. The molecule has 2 N–H and O–H groups in total. The van der Waals surface area contributed by atoms with Gasteiger partial charge < -0.3 is 15.2 Å². The first kappa shape index (κ1) is 10.4. The number of benzene rings is 1. The van der Waals surface area contributed by atoms with Gasteiger partial charge in [-0.3, -0.25) is 4.79 Å². The third-order valence-corrected chi connectivity index (χ3v) is 2.43. The first-order valence-corrected chi connectivity index (χ1v) is 4.93. The molecular weight excluding hydrogens is 206 g/mol. The molecule has 1 aromatic rings. The van der Waals surface area contributed by atoms with E-state index < -0.39 is 0 Å². The van der Waals surface area contributed by atoms with Crippen LogP contribution < -0.4 is 10.1 Å². The van der Waals surface area contributed by atoms with E-state index in [0.717, 1.165) is 0 Å². The summed E-state index contributed by atoms with van der Waals surface area (Å²) >= 11 is 0. The van der Waals surface area contributed by atoms with E-state index in [1.165, 1.54) is 0 Å². The molecule has 0 spiro atoms. The monoisotopic (exact) mass is 217 g/mol. The Labute approximate surface area is 93.2 Å². The molecule has 0 aromatic heterocycles. The summed E-state index contributed by atoms with van der Waals surface area (Å²) in [6.07, 6.45) is 5.99. The largest absolute Gasteiger partial charge is 0.508 e. The van der Waals surface area contributed by atoms with Gasteiger partial charge in [-0.05, 0) is 18.6 Å². The SMILES string of the molecule is C#CCOc1ccc(O)c2c1NC(=O)CC2. The predicted molar refractivity (Wildman–Crippen MR) is 59.4 cm³/mol. The third kappa shape index (κ3) is 1.80. The van der Waals surface area contributed by atoms with Crippen LogP contribution in [0.3, 0.4) is 0 Å². The fourth-order valence-corrected chi connectivity index (χ4v) is 1.69. The second-order valence-corrected chi connectivity index (χ2v) is 3.48. The Balaban J connectivity index is 2.40. The van der Waals surface area contributed by atoms with Crippen molar-refractivity contribution in [2.45, 2.75) is 12.8 Å². The molecule has 0 fully saturated rings. The molecule has 4 nitrogen and oxygen atoms in total. The lowest BCUT2D eigenvalue weighted by atomic mass is 10.0. The smallest absolute Gasteiger partial charge is 0.224 e. The van der Waals surface area contributed by atoms with Crippen LogP contribution in [0.4, 0.5) is 5.69 Å². The summed E-state index contributed by atoms with van der Waals surface area (Å²) in [4.78, 5) is 11.3. The van der Waals surface area contributed by atoms with Crippen molar-refractivity contribution in [2.24, 2.45) is 0 Å². The minimum Gasteiger partial charge on any atom is -0.508 e. The lowest BCUT2D eigenvalue weighted by molar-refractivity contribution is -0.116. The van der Waals surface area contributed by atoms with Gasteiger partial charge in [0.05, 0.1) is 5.69 Å². The average molecular weight is 217 g/mol. The van der Waals surface area contributed by atoms with Gasteiger partial charge in [-0.2, -0.15) is 0 Å². The van der Waals surface area contributed by atoms with E-state index in [4.69, 9.17) is 11.2 Å². The van der Waals surface area contributed by atoms with Crippen molar-refractivity contribution in [3.63, 3.8) is 0 Å². The number of terminal acetylenes is 1. The highest BCUT2D eigenvalue weighted by Gasteiger charge is 2.21. The van der Waals surface area contributed by atoms with Gasteiger partial charge in [-0.25, -0.2) is 0 Å². The summed E-state index contributed by atoms with van der Waals surface area (Å²) in [7, 11) is 0. The fraction of sp³-hybridized carbons (Fsp3) is 0.250. The minimum atomic E-state index is -0.0799. The van der Waals surface area contributed by atoms with Crippen molar-refractivity contribution in [1.29, 1.82) is 0 Å². The van der Waals surface area contributed by atoms with Gasteiger partial charge in [0.25, 0.3) is 0 Å². The van der Waals surface area contributed by atoms with Crippen LogP contribution in [-0.4, -0.2) is 17.6 Å². The van der Waals surface area contributed by atoms with Crippen LogP contribution in [0.1, 0.15) is 12.0 Å². The third-order valence-electron chi connectivity index (χ3n) is 2.43. The van der Waals surface area contributed by atoms with Crippen molar-refractivity contribution >= 4 is 11.6 Å². The summed E-state index contributed by atoms with van der Waals surface area (Å²) in [5, 5.41) is 12.3. The zero-order valence-corrected chi connectivity index (χ0v) is 8.62. The van der Waals surface area contributed by atoms with Crippen molar-refractivity contribution in [3.05, 3.63) is 17.7 Å². The molecule has 82 valence electrons. The van der Waals surface area contributed by atoms with Crippen LogP contribution in [-0.2, 0) is 11.2 Å². The standard InChI is InChI=1S/C12H11NO3/c1-2-7-16-10-5-4-9(14)8-3-6-11(15)13-12(8)10/h1,4-5,14H,3,6-7H2,(H,13,15). The molecule has 2 rings (SSSR count). The second-order valence-electron chi connectivity index (χ2n) is 3.48. The van der Waals surface area contributed by atoms with Gasteiger partial charge in [-0.1, -0.05) is 5.92 Å². The van der Waals surface area contributed by atoms with E-state index in [0.29, 0.717) is 29.8 Å². The number of carbonyl (C=O) groups is 1. The van der Waals surface area contributed by atoms with Crippen LogP contribution in [0.25, 0.3) is 0 Å². The van der Waals surface area contributed by atoms with Crippen molar-refractivity contribution < 1.29 is 14.6 Å². The first-order valence-electron chi connectivity index (χ1n) is 4.93. The summed E-state index contributed by atoms with van der Waals surface area (Å²) in [6, 6.07) is 3.14. The van der Waals surface area contributed by atoms with E-state index in [1.54, 1.807) is 12.1 Å². The number of rotatable bonds is 2. The molecule has 0 aliphatic carbocycles. The van der Waals surface area contributed by atoms with Gasteiger partial charge in [0.15, 0.2) is 0 Å². The van der Waals surface area contributed by atoms with Crippen molar-refractivity contribution in [2.75, 3.05) is 11.9 Å². The lowest BCUT2D eigenvalue weighted by Crippen LogP contribution is -2.20. The predicted octanol–water partition coefficient (Wildman–Crippen LogP) is 1.29. The topological polar surface area (TPSA) is 58.6 Å². The minimum absolute atomic E-state index is 0.0799. The fourth-order valence-electron chi connectivity index (χ4n) is 1.69. The van der Waals surface area contributed by atoms with Crippen LogP contribution in [0, 0.1) is 12.3 Å². The molecule has 0 bridgehead atoms. The highest BCUT2D eigenvalue weighted by Crippen LogP contribution is 2.37. The molecule has 0 unspecified atom stereocenters. The van der Waals surface area contributed by atoms with Crippen LogP contribution >= 0.6 is 0 Å². The Morgan fingerprint density at radius 2 is 2.31 bits per heavy atom. The Bertz CT molecular complexity index is 474. The lowest BCUT2D eigenvalue weighted by Gasteiger charge is -2.20. The molecule has 1 aromatic carbocycles. The zero-order valence-electron chi connectivity index (χ0n) is 8.62. The molecule has 1 aliphatic rings. The number of carbonyl (C=O) groups excluding carboxylic acids is 1. The van der Waals surface area contributed by atoms with Gasteiger partial charge in [0.1, 0.15) is 18.1 Å². The summed E-state index contributed by atoms with van der Waals surface area (Å²) < 4.78 is 5.29. The highest BCUT2D eigenvalue weighted by atomic mass is 16.5. The molecule has 0 radical (unpaired) electrons. The van der Waals surface area contributed by atoms with E-state index in [9.17, 15) is 9.90 Å². The van der Waals surface area contributed by atoms with Crippen LogP contribution in [0.2, 0.25) is 0 Å². The molecule has 0 atom stereocenters. The second kappa shape index (κ2) is 4.15. The first-order chi connectivity index (χ1) is 7.72. The van der Waals surface area contributed by atoms with E-state index in [-0.39, 0.29) is 18.3 Å². The Kier molecular flexibility index (Phi) is 2.69. The van der Waals surface area contributed by atoms with Gasteiger partial charge in [0, 0.05) is 12.0 Å². The maximum atomic E-state index is 11.3. The molecule has 4 heteroatoms. The number of hydrogen-bond acceptors (Lipinski definition) is 3. The molecule has 1 amide bonds. The Morgan fingerprint density at radius 3 is 3.06 bits per heavy atom. The van der Waals surface area contributed by atoms with Crippen LogP contribution in [0.15, 0.2) is 12.1 Å². The number of hydrogen-bond donors (Lipinski definition) is 2. The normalized spacial score (nSPS) is 13.6. The number of phenolic OH excluding ortho intramolecular Hbond substituents is 1. The van der Waals surface area contributed by atoms with Crippen LogP contribution in [0.5, 0.6) is 11.5 Å². The van der Waals surface area contributed by atoms with E-state index >= 15 is 0 Å². The maximum absolute atomic E-state index is 11.3. The number of fused-ring (bicyclic) bond motifs is 1. The molecule has 16 heavy (non-hydrogen) atoms. The number of anilines is 1. The summed E-state index contributed by atoms with van der Waals surface area (Å²) in [6.45, 7) is 0.132. The number of nitrogens with one attached hydrogen (secondary N) is 1. The van der Waals surface area contributed by atoms with Crippen molar-refractivity contribution in [3.8, 4) is 23.8 Å². The Hall–Kier alpha value is -2.15. The maximum Gasteiger partial charge on any atom is 0.224 e. The number of amides is 1. The quantitative estimate of drug-likeness (QED) is 0.734. The highest BCUT2D eigenvalue weighted by molar-refractivity contribution is 5.96. The average Bonchev–Trinajstić information content (AvgIpc) is 2.28. The van der Waals surface area contributed by atoms with Crippen molar-refractivity contribution in [1.82, 2.24) is 0 Å².